The van der Waals surface area contributed by atoms with Gasteiger partial charge in [0, 0.05) is 0 Å². The number of rotatable bonds is 1. The molecule has 0 aromatic carbocycles. The molecule has 2 N–H and O–H groups in total. The Morgan fingerprint density at radius 2 is 1.91 bits per heavy atom. The summed E-state index contributed by atoms with van der Waals surface area (Å²) in [6.07, 6.45) is 9.10. The van der Waals surface area contributed by atoms with Crippen molar-refractivity contribution in [3.8, 4) is 0 Å². The molecule has 0 amide bonds. The first kappa shape index (κ1) is 16.5. The number of hydrogen-bond donors (Lipinski definition) is 2. The van der Waals surface area contributed by atoms with Crippen LogP contribution in [0.3, 0.4) is 0 Å². The van der Waals surface area contributed by atoms with Gasteiger partial charge in [0.1, 0.15) is 0 Å². The van der Waals surface area contributed by atoms with Gasteiger partial charge in [-0.05, 0) is 72.2 Å². The van der Waals surface area contributed by atoms with Gasteiger partial charge in [-0.25, -0.2) is 0 Å². The van der Waals surface area contributed by atoms with E-state index in [0.29, 0.717) is 28.6 Å². The Kier molecular flexibility index (Phi) is 4.23. The van der Waals surface area contributed by atoms with Crippen LogP contribution in [0.1, 0.15) is 66.2 Å². The first-order valence-electron chi connectivity index (χ1n) is 9.30. The van der Waals surface area contributed by atoms with Crippen molar-refractivity contribution in [3.05, 3.63) is 11.6 Å². The van der Waals surface area contributed by atoms with E-state index in [1.54, 1.807) is 0 Å². The zero-order chi connectivity index (χ0) is 16.1. The van der Waals surface area contributed by atoms with E-state index in [9.17, 15) is 10.2 Å². The van der Waals surface area contributed by atoms with Gasteiger partial charge in [0.05, 0.1) is 12.7 Å². The van der Waals surface area contributed by atoms with E-state index in [1.807, 2.05) is 6.08 Å². The maximum Gasteiger partial charge on any atom is 0.0756 e. The quantitative estimate of drug-likeness (QED) is 0.714. The van der Waals surface area contributed by atoms with Crippen molar-refractivity contribution in [3.63, 3.8) is 0 Å². The molecule has 0 aromatic heterocycles. The third-order valence-electron chi connectivity index (χ3n) is 7.79. The standard InChI is InChI=1S/C20H34O2/c1-13-14-6-7-18-19(2,3)9-5-10-20(18,4)16(14)12-17(22)15(13)8-11-21/h8,13-14,16-18,21-22H,5-7,9-12H2,1-4H3/b15-8-/t13-,14+,16+,17-,18+,20-/m1/s1. The van der Waals surface area contributed by atoms with Gasteiger partial charge < -0.3 is 10.2 Å². The summed E-state index contributed by atoms with van der Waals surface area (Å²) < 4.78 is 0. The highest BCUT2D eigenvalue weighted by Gasteiger charge is 2.57. The minimum atomic E-state index is -0.344. The lowest BCUT2D eigenvalue weighted by Gasteiger charge is -2.62. The summed E-state index contributed by atoms with van der Waals surface area (Å²) in [5.74, 6) is 2.56. The molecule has 0 bridgehead atoms. The second kappa shape index (κ2) is 5.63. The van der Waals surface area contributed by atoms with E-state index >= 15 is 0 Å². The van der Waals surface area contributed by atoms with E-state index in [0.717, 1.165) is 17.9 Å². The Morgan fingerprint density at radius 3 is 2.59 bits per heavy atom. The Bertz CT molecular complexity index is 453. The normalized spacial score (nSPS) is 49.5. The van der Waals surface area contributed by atoms with Gasteiger partial charge >= 0.3 is 0 Å². The van der Waals surface area contributed by atoms with Crippen LogP contribution >= 0.6 is 0 Å². The van der Waals surface area contributed by atoms with Crippen LogP contribution in [0.15, 0.2) is 11.6 Å². The van der Waals surface area contributed by atoms with Gasteiger partial charge in [0.25, 0.3) is 0 Å². The smallest absolute Gasteiger partial charge is 0.0756 e. The molecule has 3 saturated carbocycles. The van der Waals surface area contributed by atoms with Crippen LogP contribution in [0, 0.1) is 34.5 Å². The molecular formula is C20H34O2. The summed E-state index contributed by atoms with van der Waals surface area (Å²) >= 11 is 0. The Labute approximate surface area is 136 Å². The number of aliphatic hydroxyl groups excluding tert-OH is 2. The summed E-state index contributed by atoms with van der Waals surface area (Å²) in [5, 5.41) is 19.9. The average Bonchev–Trinajstić information content (AvgIpc) is 2.43. The van der Waals surface area contributed by atoms with Crippen molar-refractivity contribution < 1.29 is 10.2 Å². The molecule has 3 rings (SSSR count). The fourth-order valence-corrected chi connectivity index (χ4v) is 6.78. The monoisotopic (exact) mass is 306 g/mol. The summed E-state index contributed by atoms with van der Waals surface area (Å²) in [7, 11) is 0. The Balaban J connectivity index is 1.93. The van der Waals surface area contributed by atoms with Crippen molar-refractivity contribution in [2.45, 2.75) is 72.3 Å². The molecule has 0 heterocycles. The van der Waals surface area contributed by atoms with Crippen LogP contribution in [0.5, 0.6) is 0 Å². The molecule has 0 unspecified atom stereocenters. The Hall–Kier alpha value is -0.340. The molecule has 22 heavy (non-hydrogen) atoms. The highest BCUT2D eigenvalue weighted by Crippen LogP contribution is 2.64. The predicted molar refractivity (Wildman–Crippen MR) is 90.4 cm³/mol. The first-order valence-corrected chi connectivity index (χ1v) is 9.30. The van der Waals surface area contributed by atoms with Gasteiger partial charge in [-0.3, -0.25) is 0 Å². The predicted octanol–water partition coefficient (Wildman–Crippen LogP) is 4.16. The molecule has 0 aromatic rings. The number of aliphatic hydroxyl groups is 2. The third kappa shape index (κ3) is 2.38. The van der Waals surface area contributed by atoms with Crippen LogP contribution in [-0.2, 0) is 0 Å². The van der Waals surface area contributed by atoms with Crippen LogP contribution in [-0.4, -0.2) is 22.9 Å². The van der Waals surface area contributed by atoms with Crippen molar-refractivity contribution >= 4 is 0 Å². The largest absolute Gasteiger partial charge is 0.392 e. The molecule has 2 heteroatoms. The van der Waals surface area contributed by atoms with Gasteiger partial charge in [-0.1, -0.05) is 40.2 Å². The molecule has 0 saturated heterocycles. The lowest BCUT2D eigenvalue weighted by molar-refractivity contribution is -0.126. The van der Waals surface area contributed by atoms with E-state index in [2.05, 4.69) is 27.7 Å². The lowest BCUT2D eigenvalue weighted by atomic mass is 9.43. The van der Waals surface area contributed by atoms with Gasteiger partial charge in [0.2, 0.25) is 0 Å². The average molecular weight is 306 g/mol. The minimum absolute atomic E-state index is 0.0566. The topological polar surface area (TPSA) is 40.5 Å². The fourth-order valence-electron chi connectivity index (χ4n) is 6.78. The SMILES string of the molecule is C[C@H]1/C(=C/CO)[C@H](O)C[C@H]2[C@H]1CC[C@H]1C(C)(C)CCC[C@]21C. The maximum atomic E-state index is 10.7. The van der Waals surface area contributed by atoms with Crippen LogP contribution in [0.4, 0.5) is 0 Å². The highest BCUT2D eigenvalue weighted by atomic mass is 16.3. The summed E-state index contributed by atoms with van der Waals surface area (Å²) in [6.45, 7) is 9.79. The first-order chi connectivity index (χ1) is 10.3. The van der Waals surface area contributed by atoms with Crippen molar-refractivity contribution in [2.24, 2.45) is 34.5 Å². The maximum absolute atomic E-state index is 10.7. The molecular weight excluding hydrogens is 272 g/mol. The highest BCUT2D eigenvalue weighted by molar-refractivity contribution is 5.20. The van der Waals surface area contributed by atoms with Gasteiger partial charge in [-0.2, -0.15) is 0 Å². The lowest BCUT2D eigenvalue weighted by Crippen LogP contribution is -2.55. The van der Waals surface area contributed by atoms with E-state index < -0.39 is 0 Å². The third-order valence-corrected chi connectivity index (χ3v) is 7.79. The van der Waals surface area contributed by atoms with Crippen molar-refractivity contribution in [2.75, 3.05) is 6.61 Å². The zero-order valence-electron chi connectivity index (χ0n) is 14.8. The van der Waals surface area contributed by atoms with Crippen LogP contribution in [0.2, 0.25) is 0 Å². The minimum Gasteiger partial charge on any atom is -0.392 e. The van der Waals surface area contributed by atoms with Crippen LogP contribution < -0.4 is 0 Å². The molecule has 126 valence electrons. The molecule has 3 aliphatic carbocycles. The summed E-state index contributed by atoms with van der Waals surface area (Å²) in [4.78, 5) is 0. The molecule has 0 radical (unpaired) electrons. The number of hydrogen-bond acceptors (Lipinski definition) is 2. The van der Waals surface area contributed by atoms with Gasteiger partial charge in [0.15, 0.2) is 0 Å². The molecule has 0 spiro atoms. The second-order valence-corrected chi connectivity index (χ2v) is 9.18. The van der Waals surface area contributed by atoms with E-state index in [1.165, 1.54) is 32.1 Å². The number of fused-ring (bicyclic) bond motifs is 3. The van der Waals surface area contributed by atoms with E-state index in [-0.39, 0.29) is 12.7 Å². The van der Waals surface area contributed by atoms with Crippen molar-refractivity contribution in [1.82, 2.24) is 0 Å². The van der Waals surface area contributed by atoms with Crippen LogP contribution in [0.25, 0.3) is 0 Å². The molecule has 0 aliphatic heterocycles. The summed E-state index contributed by atoms with van der Waals surface area (Å²) in [5.41, 5.74) is 1.94. The molecule has 2 nitrogen and oxygen atoms in total. The van der Waals surface area contributed by atoms with Gasteiger partial charge in [-0.15, -0.1) is 0 Å². The van der Waals surface area contributed by atoms with E-state index in [4.69, 9.17) is 0 Å². The molecule has 3 aliphatic rings. The van der Waals surface area contributed by atoms with Crippen molar-refractivity contribution in [1.29, 1.82) is 0 Å². The summed E-state index contributed by atoms with van der Waals surface area (Å²) in [6, 6.07) is 0. The zero-order valence-corrected chi connectivity index (χ0v) is 14.8. The molecule has 3 fully saturated rings. The Morgan fingerprint density at radius 1 is 1.18 bits per heavy atom. The second-order valence-electron chi connectivity index (χ2n) is 9.18. The molecule has 6 atom stereocenters. The fraction of sp³-hybridized carbons (Fsp3) is 0.900.